The van der Waals surface area contributed by atoms with E-state index in [9.17, 15) is 0 Å². The van der Waals surface area contributed by atoms with Crippen molar-refractivity contribution in [1.82, 2.24) is 25.3 Å². The predicted molar refractivity (Wildman–Crippen MR) is 120 cm³/mol. The molecule has 0 aromatic carbocycles. The van der Waals surface area contributed by atoms with Gasteiger partial charge in [-0.05, 0) is 50.6 Å². The van der Waals surface area contributed by atoms with Gasteiger partial charge in [-0.1, -0.05) is 13.8 Å². The molecule has 7 heteroatoms. The van der Waals surface area contributed by atoms with Crippen molar-refractivity contribution in [3.05, 3.63) is 18.5 Å². The maximum atomic E-state index is 4.66. The molecule has 0 saturated carbocycles. The number of likely N-dealkylation sites (tertiary alicyclic amines) is 1. The van der Waals surface area contributed by atoms with Crippen LogP contribution in [0.1, 0.15) is 40.0 Å². The van der Waals surface area contributed by atoms with E-state index in [4.69, 9.17) is 0 Å². The van der Waals surface area contributed by atoms with Crippen molar-refractivity contribution >= 4 is 29.9 Å². The molecule has 1 aliphatic heterocycles. The van der Waals surface area contributed by atoms with Crippen molar-refractivity contribution in [3.8, 4) is 0 Å². The Hall–Kier alpha value is -0.830. The molecule has 150 valence electrons. The van der Waals surface area contributed by atoms with Crippen LogP contribution in [-0.4, -0.2) is 59.9 Å². The van der Waals surface area contributed by atoms with Crippen molar-refractivity contribution in [1.29, 1.82) is 0 Å². The first-order valence-electron chi connectivity index (χ1n) is 9.89. The number of halogens is 1. The average molecular weight is 476 g/mol. The summed E-state index contributed by atoms with van der Waals surface area (Å²) in [5.41, 5.74) is 0. The maximum Gasteiger partial charge on any atom is 0.191 e. The molecule has 0 amide bonds. The van der Waals surface area contributed by atoms with E-state index in [1.807, 2.05) is 23.1 Å². The van der Waals surface area contributed by atoms with E-state index in [2.05, 4.69) is 46.4 Å². The lowest BCUT2D eigenvalue weighted by atomic mass is 9.92. The summed E-state index contributed by atoms with van der Waals surface area (Å²) in [6.45, 7) is 14.2. The quantitative estimate of drug-likeness (QED) is 0.249. The topological polar surface area (TPSA) is 57.5 Å². The van der Waals surface area contributed by atoms with Crippen LogP contribution in [-0.2, 0) is 6.54 Å². The number of piperidine rings is 1. The molecule has 2 unspecified atom stereocenters. The lowest BCUT2D eigenvalue weighted by Crippen LogP contribution is -2.41. The molecule has 1 aromatic rings. The number of aliphatic imine (C=N–C) groups is 1. The van der Waals surface area contributed by atoms with Gasteiger partial charge in [0.25, 0.3) is 0 Å². The number of guanidine groups is 1. The smallest absolute Gasteiger partial charge is 0.191 e. The molecular weight excluding hydrogens is 439 g/mol. The molecule has 2 rings (SSSR count). The van der Waals surface area contributed by atoms with Crippen LogP contribution in [0.4, 0.5) is 0 Å². The van der Waals surface area contributed by atoms with Crippen LogP contribution >= 0.6 is 24.0 Å². The summed E-state index contributed by atoms with van der Waals surface area (Å²) in [4.78, 5) is 7.28. The molecular formula is C19H37IN6. The number of nitrogens with zero attached hydrogens (tertiary/aromatic N) is 4. The van der Waals surface area contributed by atoms with Gasteiger partial charge in [0.15, 0.2) is 5.96 Å². The Kier molecular flexibility index (Phi) is 11.9. The third-order valence-corrected chi connectivity index (χ3v) is 4.61. The van der Waals surface area contributed by atoms with Gasteiger partial charge in [-0.15, -0.1) is 24.0 Å². The SMILES string of the molecule is CCNC(=NCCCn1cccn1)NCCCN1CC(C)CC(C)C1.I. The fraction of sp³-hybridized carbons (Fsp3) is 0.789. The molecule has 1 fully saturated rings. The van der Waals surface area contributed by atoms with Crippen LogP contribution in [0.15, 0.2) is 23.5 Å². The highest BCUT2D eigenvalue weighted by Gasteiger charge is 2.20. The monoisotopic (exact) mass is 476 g/mol. The first-order chi connectivity index (χ1) is 12.2. The van der Waals surface area contributed by atoms with Gasteiger partial charge >= 0.3 is 0 Å². The molecule has 0 spiro atoms. The minimum atomic E-state index is 0. The highest BCUT2D eigenvalue weighted by molar-refractivity contribution is 14.0. The second kappa shape index (κ2) is 13.4. The summed E-state index contributed by atoms with van der Waals surface area (Å²) >= 11 is 0. The maximum absolute atomic E-state index is 4.66. The van der Waals surface area contributed by atoms with Gasteiger partial charge in [-0.3, -0.25) is 9.67 Å². The summed E-state index contributed by atoms with van der Waals surface area (Å²) in [5, 5.41) is 11.0. The van der Waals surface area contributed by atoms with E-state index in [-0.39, 0.29) is 24.0 Å². The average Bonchev–Trinajstić information content (AvgIpc) is 3.08. The molecule has 0 radical (unpaired) electrons. The molecule has 2 N–H and O–H groups in total. The zero-order chi connectivity index (χ0) is 17.9. The third kappa shape index (κ3) is 9.21. The number of hydrogen-bond acceptors (Lipinski definition) is 3. The van der Waals surface area contributed by atoms with E-state index in [1.165, 1.54) is 26.1 Å². The first kappa shape index (κ1) is 23.2. The van der Waals surface area contributed by atoms with Crippen LogP contribution < -0.4 is 10.6 Å². The zero-order valence-electron chi connectivity index (χ0n) is 16.7. The molecule has 26 heavy (non-hydrogen) atoms. The van der Waals surface area contributed by atoms with Gasteiger partial charge in [0, 0.05) is 51.7 Å². The zero-order valence-corrected chi connectivity index (χ0v) is 19.0. The Labute approximate surface area is 176 Å². The van der Waals surface area contributed by atoms with Crippen molar-refractivity contribution in [2.45, 2.75) is 46.6 Å². The van der Waals surface area contributed by atoms with Crippen molar-refractivity contribution < 1.29 is 0 Å². The Balaban J connectivity index is 0.00000338. The summed E-state index contributed by atoms with van der Waals surface area (Å²) in [6, 6.07) is 1.96. The molecule has 1 saturated heterocycles. The summed E-state index contributed by atoms with van der Waals surface area (Å²) in [7, 11) is 0. The fourth-order valence-corrected chi connectivity index (χ4v) is 3.68. The van der Waals surface area contributed by atoms with Crippen LogP contribution in [0.25, 0.3) is 0 Å². The standard InChI is InChI=1S/C19H36N6.HI/c1-4-20-19(22-9-6-12-25-13-7-10-23-25)21-8-5-11-24-15-17(2)14-18(3)16-24;/h7,10,13,17-18H,4-6,8-9,11-12,14-16H2,1-3H3,(H2,20,21,22);1H. The van der Waals surface area contributed by atoms with Gasteiger partial charge in [0.2, 0.25) is 0 Å². The fourth-order valence-electron chi connectivity index (χ4n) is 3.68. The van der Waals surface area contributed by atoms with E-state index < -0.39 is 0 Å². The highest BCUT2D eigenvalue weighted by Crippen LogP contribution is 2.20. The molecule has 0 bridgehead atoms. The molecule has 6 nitrogen and oxygen atoms in total. The van der Waals surface area contributed by atoms with Crippen molar-refractivity contribution in [2.75, 3.05) is 39.3 Å². The number of aryl methyl sites for hydroxylation is 1. The van der Waals surface area contributed by atoms with Gasteiger partial charge in [-0.2, -0.15) is 5.10 Å². The van der Waals surface area contributed by atoms with E-state index in [0.29, 0.717) is 0 Å². The number of nitrogens with one attached hydrogen (secondary N) is 2. The minimum absolute atomic E-state index is 0. The van der Waals surface area contributed by atoms with Crippen LogP contribution in [0.2, 0.25) is 0 Å². The second-order valence-electron chi connectivity index (χ2n) is 7.37. The minimum Gasteiger partial charge on any atom is -0.357 e. The molecule has 0 aliphatic carbocycles. The molecule has 2 atom stereocenters. The largest absolute Gasteiger partial charge is 0.357 e. The molecule has 2 heterocycles. The Bertz CT molecular complexity index is 480. The van der Waals surface area contributed by atoms with E-state index in [1.54, 1.807) is 0 Å². The molecule has 1 aliphatic rings. The predicted octanol–water partition coefficient (Wildman–Crippen LogP) is 2.81. The number of aromatic nitrogens is 2. The first-order valence-corrected chi connectivity index (χ1v) is 9.89. The van der Waals surface area contributed by atoms with Crippen LogP contribution in [0.5, 0.6) is 0 Å². The van der Waals surface area contributed by atoms with Gasteiger partial charge in [0.1, 0.15) is 0 Å². The lowest BCUT2D eigenvalue weighted by molar-refractivity contribution is 0.140. The Morgan fingerprint density at radius 1 is 1.15 bits per heavy atom. The summed E-state index contributed by atoms with van der Waals surface area (Å²) in [5.74, 6) is 2.61. The highest BCUT2D eigenvalue weighted by atomic mass is 127. The van der Waals surface area contributed by atoms with Gasteiger partial charge in [-0.25, -0.2) is 0 Å². The number of hydrogen-bond donors (Lipinski definition) is 2. The Morgan fingerprint density at radius 2 is 1.92 bits per heavy atom. The van der Waals surface area contributed by atoms with Gasteiger partial charge in [0.05, 0.1) is 0 Å². The van der Waals surface area contributed by atoms with Crippen LogP contribution in [0, 0.1) is 11.8 Å². The van der Waals surface area contributed by atoms with Crippen LogP contribution in [0.3, 0.4) is 0 Å². The van der Waals surface area contributed by atoms with Crippen molar-refractivity contribution in [2.24, 2.45) is 16.8 Å². The lowest BCUT2D eigenvalue weighted by Gasteiger charge is -2.35. The normalized spacial score (nSPS) is 21.3. The Morgan fingerprint density at radius 3 is 2.58 bits per heavy atom. The van der Waals surface area contributed by atoms with Gasteiger partial charge < -0.3 is 15.5 Å². The number of rotatable bonds is 9. The van der Waals surface area contributed by atoms with E-state index >= 15 is 0 Å². The molecule has 1 aromatic heterocycles. The third-order valence-electron chi connectivity index (χ3n) is 4.61. The van der Waals surface area contributed by atoms with E-state index in [0.717, 1.165) is 56.8 Å². The second-order valence-corrected chi connectivity index (χ2v) is 7.37. The summed E-state index contributed by atoms with van der Waals surface area (Å²) < 4.78 is 1.95. The van der Waals surface area contributed by atoms with Crippen molar-refractivity contribution in [3.63, 3.8) is 0 Å². The summed E-state index contributed by atoms with van der Waals surface area (Å²) in [6.07, 6.45) is 7.36.